The number of aromatic nitrogens is 2. The average molecular weight is 662 g/mol. The van der Waals surface area contributed by atoms with Gasteiger partial charge in [-0.05, 0) is 68.2 Å². The number of likely N-dealkylation sites (tertiary alicyclic amines) is 1. The van der Waals surface area contributed by atoms with Crippen molar-refractivity contribution in [2.24, 2.45) is 17.3 Å². The Bertz CT molecular complexity index is 1980. The van der Waals surface area contributed by atoms with Crippen LogP contribution in [0.15, 0.2) is 30.3 Å². The molecule has 8 nitrogen and oxygen atoms in total. The van der Waals surface area contributed by atoms with Gasteiger partial charge in [-0.1, -0.05) is 6.07 Å². The van der Waals surface area contributed by atoms with Crippen LogP contribution < -0.4 is 15.0 Å². The highest BCUT2D eigenvalue weighted by Gasteiger charge is 2.48. The molecule has 2 aliphatic carbocycles. The number of piperazine rings is 1. The highest BCUT2D eigenvalue weighted by molar-refractivity contribution is 6.02. The van der Waals surface area contributed by atoms with Crippen LogP contribution in [0.4, 0.5) is 23.4 Å². The van der Waals surface area contributed by atoms with E-state index in [0.717, 1.165) is 76.4 Å². The number of nitrogens with one attached hydrogen (secondary N) is 1. The van der Waals surface area contributed by atoms with Gasteiger partial charge in [-0.3, -0.25) is 4.79 Å². The van der Waals surface area contributed by atoms with E-state index in [2.05, 4.69) is 15.2 Å². The van der Waals surface area contributed by atoms with E-state index in [1.54, 1.807) is 0 Å². The summed E-state index contributed by atoms with van der Waals surface area (Å²) in [6, 6.07) is 5.91. The number of aromatic hydroxyl groups is 1. The number of Topliss-reactive ketones (excluding diaryl/α,β-unsaturated/α-hetero) is 1. The molecule has 0 amide bonds. The number of carbonyl (C=O) groups excluding carboxylic acids is 1. The number of hydrogen-bond acceptors (Lipinski definition) is 8. The molecule has 250 valence electrons. The summed E-state index contributed by atoms with van der Waals surface area (Å²) in [5, 5.41) is 13.9. The maximum atomic E-state index is 16.8. The van der Waals surface area contributed by atoms with Gasteiger partial charge in [0.05, 0.1) is 12.2 Å². The number of piperidine rings is 1. The first-order chi connectivity index (χ1) is 23.1. The van der Waals surface area contributed by atoms with Gasteiger partial charge in [0.25, 0.3) is 0 Å². The molecule has 9 rings (SSSR count). The van der Waals surface area contributed by atoms with Gasteiger partial charge in [0, 0.05) is 78.4 Å². The topological polar surface area (TPSA) is 90.8 Å². The molecule has 1 aromatic heterocycles. The smallest absolute Gasteiger partial charge is 0.319 e. The molecule has 3 aromatic carbocycles. The van der Waals surface area contributed by atoms with Gasteiger partial charge in [0.2, 0.25) is 0 Å². The number of ketones is 1. The van der Waals surface area contributed by atoms with Crippen molar-refractivity contribution in [1.82, 2.24) is 20.2 Å². The predicted octanol–water partition coefficient (Wildman–Crippen LogP) is 5.72. The molecule has 5 aliphatic rings. The van der Waals surface area contributed by atoms with Crippen LogP contribution in [-0.2, 0) is 4.79 Å². The Balaban J connectivity index is 1.11. The fourth-order valence-corrected chi connectivity index (χ4v) is 8.69. The van der Waals surface area contributed by atoms with E-state index in [1.807, 2.05) is 4.90 Å². The van der Waals surface area contributed by atoms with E-state index >= 15 is 13.2 Å². The van der Waals surface area contributed by atoms with E-state index in [9.17, 15) is 14.3 Å². The minimum Gasteiger partial charge on any atom is -0.508 e. The van der Waals surface area contributed by atoms with Crippen molar-refractivity contribution in [3.63, 3.8) is 0 Å². The maximum absolute atomic E-state index is 16.8. The second kappa shape index (κ2) is 11.0. The molecule has 12 heteroatoms. The summed E-state index contributed by atoms with van der Waals surface area (Å²) in [7, 11) is 0. The van der Waals surface area contributed by atoms with Crippen molar-refractivity contribution in [1.29, 1.82) is 0 Å². The van der Waals surface area contributed by atoms with Gasteiger partial charge >= 0.3 is 6.01 Å². The number of phenols is 1. The molecular formula is C36H35F4N5O3. The lowest BCUT2D eigenvalue weighted by molar-refractivity contribution is -0.127. The van der Waals surface area contributed by atoms with Crippen molar-refractivity contribution >= 4 is 33.3 Å². The van der Waals surface area contributed by atoms with Gasteiger partial charge in [-0.15, -0.1) is 0 Å². The third-order valence-electron chi connectivity index (χ3n) is 11.3. The highest BCUT2D eigenvalue weighted by atomic mass is 19.2. The standard InChI is InChI=1S/C36H35F4N5O3/c37-26-6-3-18-9-23(46)10-24(28(18)30(26)39)29-27(38)11-25-32(31(29)40)42-35(43-34(25)45-14-21-4-5-22(15-45)41-21)48-17-36(7-8-36)16-44-12-19-1-2-20(13-44)33(19)47/h3,6,9-11,19-22,41,46H,1-2,4-5,7-8,12-17H2. The molecule has 2 saturated carbocycles. The highest BCUT2D eigenvalue weighted by Crippen LogP contribution is 2.48. The Labute approximate surface area is 274 Å². The lowest BCUT2D eigenvalue weighted by atomic mass is 9.95. The summed E-state index contributed by atoms with van der Waals surface area (Å²) in [4.78, 5) is 26.0. The summed E-state index contributed by atoms with van der Waals surface area (Å²) in [5.74, 6) is -3.92. The number of nitrogens with zero attached hydrogens (tertiary/aromatic N) is 4. The van der Waals surface area contributed by atoms with E-state index < -0.39 is 28.8 Å². The number of fused-ring (bicyclic) bond motifs is 6. The van der Waals surface area contributed by atoms with Crippen LogP contribution in [0.5, 0.6) is 11.8 Å². The van der Waals surface area contributed by atoms with Crippen LogP contribution in [0.3, 0.4) is 0 Å². The van der Waals surface area contributed by atoms with Crippen LogP contribution in [-0.4, -0.2) is 77.2 Å². The molecule has 4 aromatic rings. The number of anilines is 1. The van der Waals surface area contributed by atoms with E-state index in [0.29, 0.717) is 31.3 Å². The minimum atomic E-state index is -1.27. The maximum Gasteiger partial charge on any atom is 0.319 e. The fourth-order valence-electron chi connectivity index (χ4n) is 8.69. The summed E-state index contributed by atoms with van der Waals surface area (Å²) in [6.45, 7) is 3.83. The molecule has 3 saturated heterocycles. The Kier molecular flexibility index (Phi) is 6.89. The van der Waals surface area contributed by atoms with Gasteiger partial charge < -0.3 is 25.0 Å². The molecule has 48 heavy (non-hydrogen) atoms. The first kappa shape index (κ1) is 30.1. The fraction of sp³-hybridized carbons (Fsp3) is 0.472. The Morgan fingerprint density at radius 3 is 2.33 bits per heavy atom. The zero-order valence-electron chi connectivity index (χ0n) is 26.2. The largest absolute Gasteiger partial charge is 0.508 e. The summed E-state index contributed by atoms with van der Waals surface area (Å²) >= 11 is 0. The van der Waals surface area contributed by atoms with Gasteiger partial charge in [-0.2, -0.15) is 9.97 Å². The van der Waals surface area contributed by atoms with Crippen molar-refractivity contribution in [3.8, 4) is 22.9 Å². The molecular weight excluding hydrogens is 626 g/mol. The van der Waals surface area contributed by atoms with Gasteiger partial charge in [0.1, 0.15) is 28.7 Å². The molecule has 0 radical (unpaired) electrons. The zero-order valence-corrected chi connectivity index (χ0v) is 26.2. The van der Waals surface area contributed by atoms with Crippen molar-refractivity contribution in [3.05, 3.63) is 53.6 Å². The SMILES string of the molecule is O=C1C2CCC1CN(CC1(COc3nc(N4CC5CCC(C4)N5)c4cc(F)c(-c5cc(O)cc6ccc(F)c(F)c56)c(F)c4n3)CC1)C2. The lowest BCUT2D eigenvalue weighted by Crippen LogP contribution is -2.51. The van der Waals surface area contributed by atoms with Crippen molar-refractivity contribution < 1.29 is 32.2 Å². The van der Waals surface area contributed by atoms with Crippen LogP contribution in [0, 0.1) is 40.5 Å². The van der Waals surface area contributed by atoms with Crippen molar-refractivity contribution in [2.75, 3.05) is 44.2 Å². The lowest BCUT2D eigenvalue weighted by Gasteiger charge is -2.34. The molecule has 5 fully saturated rings. The van der Waals surface area contributed by atoms with Gasteiger partial charge in [-0.25, -0.2) is 17.6 Å². The quantitative estimate of drug-likeness (QED) is 0.243. The number of phenolic OH excluding ortho intramolecular Hbond substituents is 1. The monoisotopic (exact) mass is 661 g/mol. The second-order valence-corrected chi connectivity index (χ2v) is 14.6. The summed E-state index contributed by atoms with van der Waals surface area (Å²) in [5.41, 5.74) is -1.29. The first-order valence-corrected chi connectivity index (χ1v) is 16.9. The molecule has 0 spiro atoms. The number of ether oxygens (including phenoxy) is 1. The molecule has 4 atom stereocenters. The zero-order chi connectivity index (χ0) is 32.9. The van der Waals surface area contributed by atoms with Crippen LogP contribution in [0.25, 0.3) is 32.8 Å². The number of halogens is 4. The molecule has 4 heterocycles. The minimum absolute atomic E-state index is 0.0435. The van der Waals surface area contributed by atoms with Crippen LogP contribution >= 0.6 is 0 Å². The van der Waals surface area contributed by atoms with Crippen molar-refractivity contribution in [2.45, 2.75) is 50.6 Å². The third-order valence-corrected chi connectivity index (χ3v) is 11.3. The van der Waals surface area contributed by atoms with E-state index in [4.69, 9.17) is 9.72 Å². The first-order valence-electron chi connectivity index (χ1n) is 16.9. The second-order valence-electron chi connectivity index (χ2n) is 14.6. The molecule has 3 aliphatic heterocycles. The Morgan fingerprint density at radius 2 is 1.62 bits per heavy atom. The Hall–Kier alpha value is -4.03. The van der Waals surface area contributed by atoms with Crippen LogP contribution in [0.2, 0.25) is 0 Å². The van der Waals surface area contributed by atoms with Crippen LogP contribution in [0.1, 0.15) is 38.5 Å². The van der Waals surface area contributed by atoms with E-state index in [1.165, 1.54) is 12.1 Å². The van der Waals surface area contributed by atoms with E-state index in [-0.39, 0.29) is 68.3 Å². The Morgan fingerprint density at radius 1 is 0.896 bits per heavy atom. The summed E-state index contributed by atoms with van der Waals surface area (Å²) in [6.07, 6.45) is 5.78. The molecule has 4 bridgehead atoms. The normalized spacial score (nSPS) is 26.2. The summed E-state index contributed by atoms with van der Waals surface area (Å²) < 4.78 is 68.7. The average Bonchev–Trinajstić information content (AvgIpc) is 3.70. The number of benzene rings is 3. The predicted molar refractivity (Wildman–Crippen MR) is 171 cm³/mol. The number of hydrogen-bond donors (Lipinski definition) is 2. The third kappa shape index (κ3) is 4.98. The molecule has 4 unspecified atom stereocenters. The number of carbonyl (C=O) groups is 1. The molecule has 2 N–H and O–H groups in total. The van der Waals surface area contributed by atoms with Gasteiger partial charge in [0.15, 0.2) is 17.5 Å². The number of rotatable bonds is 7.